The quantitative estimate of drug-likeness (QED) is 0.880. The Hall–Kier alpha value is -1.94. The Morgan fingerprint density at radius 3 is 2.47 bits per heavy atom. The second-order valence-corrected chi connectivity index (χ2v) is 3.84. The van der Waals surface area contributed by atoms with E-state index in [0.29, 0.717) is 11.6 Å². The number of aromatic nitrogens is 2. The van der Waals surface area contributed by atoms with Gasteiger partial charge in [-0.2, -0.15) is 0 Å². The summed E-state index contributed by atoms with van der Waals surface area (Å²) in [5.41, 5.74) is 1.70. The van der Waals surface area contributed by atoms with Crippen molar-refractivity contribution in [1.82, 2.24) is 9.97 Å². The Morgan fingerprint density at radius 2 is 1.94 bits per heavy atom. The van der Waals surface area contributed by atoms with Gasteiger partial charge < -0.3 is 9.84 Å². The normalized spacial score (nSPS) is 12.2. The van der Waals surface area contributed by atoms with E-state index >= 15 is 0 Å². The second-order valence-electron chi connectivity index (χ2n) is 3.84. The van der Waals surface area contributed by atoms with Gasteiger partial charge in [0.25, 0.3) is 0 Å². The number of aryl methyl sites for hydroxylation is 1. The van der Waals surface area contributed by atoms with Crippen molar-refractivity contribution in [2.45, 2.75) is 20.0 Å². The van der Waals surface area contributed by atoms with Gasteiger partial charge in [0.15, 0.2) is 0 Å². The largest absolute Gasteiger partial charge is 0.437 e. The molecule has 17 heavy (non-hydrogen) atoms. The van der Waals surface area contributed by atoms with Crippen LogP contribution in [0.1, 0.15) is 24.3 Å². The molecule has 2 heterocycles. The van der Waals surface area contributed by atoms with Crippen molar-refractivity contribution in [1.29, 1.82) is 0 Å². The molecule has 0 fully saturated rings. The Labute approximate surface area is 99.9 Å². The minimum absolute atomic E-state index is 0.486. The van der Waals surface area contributed by atoms with Crippen molar-refractivity contribution in [2.75, 3.05) is 0 Å². The summed E-state index contributed by atoms with van der Waals surface area (Å²) in [4.78, 5) is 8.24. The lowest BCUT2D eigenvalue weighted by atomic mass is 10.2. The molecule has 0 spiro atoms. The minimum atomic E-state index is -0.516. The van der Waals surface area contributed by atoms with Gasteiger partial charge in [0, 0.05) is 18.0 Å². The summed E-state index contributed by atoms with van der Waals surface area (Å²) in [5.74, 6) is 1.13. The maximum atomic E-state index is 9.34. The van der Waals surface area contributed by atoms with Gasteiger partial charge >= 0.3 is 0 Å². The van der Waals surface area contributed by atoms with Crippen LogP contribution in [0.15, 0.2) is 36.7 Å². The van der Waals surface area contributed by atoms with E-state index in [1.807, 2.05) is 19.1 Å². The van der Waals surface area contributed by atoms with Crippen LogP contribution in [0.2, 0.25) is 0 Å². The van der Waals surface area contributed by atoms with Crippen LogP contribution in [0.25, 0.3) is 0 Å². The summed E-state index contributed by atoms with van der Waals surface area (Å²) >= 11 is 0. The topological polar surface area (TPSA) is 55.2 Å². The molecule has 0 amide bonds. The molecule has 0 radical (unpaired) electrons. The number of aliphatic hydroxyl groups excluding tert-OH is 1. The Morgan fingerprint density at radius 1 is 1.12 bits per heavy atom. The van der Waals surface area contributed by atoms with Crippen LogP contribution in [0.4, 0.5) is 0 Å². The molecule has 0 aliphatic carbocycles. The highest BCUT2D eigenvalue weighted by Gasteiger charge is 2.03. The van der Waals surface area contributed by atoms with Gasteiger partial charge in [0.05, 0.1) is 12.3 Å². The second kappa shape index (κ2) is 4.93. The molecule has 0 saturated heterocycles. The maximum absolute atomic E-state index is 9.34. The molecule has 0 bridgehead atoms. The first kappa shape index (κ1) is 11.5. The third kappa shape index (κ3) is 3.01. The highest BCUT2D eigenvalue weighted by Crippen LogP contribution is 2.20. The molecule has 4 nitrogen and oxygen atoms in total. The first-order valence-electron chi connectivity index (χ1n) is 5.39. The molecule has 0 saturated carbocycles. The van der Waals surface area contributed by atoms with E-state index < -0.39 is 6.10 Å². The lowest BCUT2D eigenvalue weighted by Crippen LogP contribution is -1.94. The SMILES string of the molecule is Cc1ccc(Oc2ccc([C@H](C)O)cn2)cn1. The van der Waals surface area contributed by atoms with Crippen LogP contribution in [-0.2, 0) is 0 Å². The number of nitrogens with zero attached hydrogens (tertiary/aromatic N) is 2. The highest BCUT2D eigenvalue weighted by atomic mass is 16.5. The number of hydrogen-bond acceptors (Lipinski definition) is 4. The third-order valence-corrected chi connectivity index (χ3v) is 2.35. The minimum Gasteiger partial charge on any atom is -0.437 e. The van der Waals surface area contributed by atoms with Crippen molar-refractivity contribution < 1.29 is 9.84 Å². The van der Waals surface area contributed by atoms with Gasteiger partial charge in [0.2, 0.25) is 5.88 Å². The van der Waals surface area contributed by atoms with Crippen molar-refractivity contribution in [3.63, 3.8) is 0 Å². The predicted molar refractivity (Wildman–Crippen MR) is 63.9 cm³/mol. The first-order chi connectivity index (χ1) is 8.15. The summed E-state index contributed by atoms with van der Waals surface area (Å²) < 4.78 is 5.51. The van der Waals surface area contributed by atoms with E-state index in [9.17, 15) is 5.11 Å². The Kier molecular flexibility index (Phi) is 3.35. The summed E-state index contributed by atoms with van der Waals surface area (Å²) in [6.45, 7) is 3.61. The summed E-state index contributed by atoms with van der Waals surface area (Å²) in [7, 11) is 0. The lowest BCUT2D eigenvalue weighted by molar-refractivity contribution is 0.198. The average molecular weight is 230 g/mol. The fourth-order valence-electron chi connectivity index (χ4n) is 1.33. The van der Waals surface area contributed by atoms with E-state index in [-0.39, 0.29) is 0 Å². The van der Waals surface area contributed by atoms with E-state index in [1.165, 1.54) is 0 Å². The van der Waals surface area contributed by atoms with E-state index in [2.05, 4.69) is 9.97 Å². The third-order valence-electron chi connectivity index (χ3n) is 2.35. The Bertz CT molecular complexity index is 478. The molecule has 1 atom stereocenters. The molecule has 2 aromatic heterocycles. The zero-order valence-corrected chi connectivity index (χ0v) is 9.79. The lowest BCUT2D eigenvalue weighted by Gasteiger charge is -2.06. The van der Waals surface area contributed by atoms with E-state index in [0.717, 1.165) is 11.3 Å². The molecule has 0 aliphatic heterocycles. The number of hydrogen-bond donors (Lipinski definition) is 1. The summed E-state index contributed by atoms with van der Waals surface area (Å²) in [5, 5.41) is 9.34. The maximum Gasteiger partial charge on any atom is 0.219 e. The molecule has 0 aromatic carbocycles. The van der Waals surface area contributed by atoms with Crippen molar-refractivity contribution in [3.8, 4) is 11.6 Å². The van der Waals surface area contributed by atoms with Crippen LogP contribution >= 0.6 is 0 Å². The fourth-order valence-corrected chi connectivity index (χ4v) is 1.33. The van der Waals surface area contributed by atoms with Gasteiger partial charge in [-0.05, 0) is 37.6 Å². The fraction of sp³-hybridized carbons (Fsp3) is 0.231. The highest BCUT2D eigenvalue weighted by molar-refractivity contribution is 5.26. The first-order valence-corrected chi connectivity index (χ1v) is 5.39. The van der Waals surface area contributed by atoms with Crippen molar-refractivity contribution >= 4 is 0 Å². The molecule has 88 valence electrons. The van der Waals surface area contributed by atoms with Crippen LogP contribution in [0, 0.1) is 6.92 Å². The molecular formula is C13H14N2O2. The van der Waals surface area contributed by atoms with E-state index in [4.69, 9.17) is 4.74 Å². The number of ether oxygens (including phenoxy) is 1. The zero-order valence-electron chi connectivity index (χ0n) is 9.79. The molecular weight excluding hydrogens is 216 g/mol. The van der Waals surface area contributed by atoms with Crippen LogP contribution in [0.5, 0.6) is 11.6 Å². The predicted octanol–water partition coefficient (Wildman–Crippen LogP) is 2.63. The van der Waals surface area contributed by atoms with Gasteiger partial charge in [-0.25, -0.2) is 4.98 Å². The van der Waals surface area contributed by atoms with Crippen LogP contribution in [0.3, 0.4) is 0 Å². The number of pyridine rings is 2. The van der Waals surface area contributed by atoms with E-state index in [1.54, 1.807) is 31.5 Å². The summed E-state index contributed by atoms with van der Waals surface area (Å²) in [6, 6.07) is 7.22. The van der Waals surface area contributed by atoms with Crippen LogP contribution < -0.4 is 4.74 Å². The molecule has 0 aliphatic rings. The monoisotopic (exact) mass is 230 g/mol. The number of aliphatic hydroxyl groups is 1. The Balaban J connectivity index is 2.11. The molecule has 2 rings (SSSR count). The van der Waals surface area contributed by atoms with Crippen molar-refractivity contribution in [3.05, 3.63) is 47.9 Å². The van der Waals surface area contributed by atoms with Gasteiger partial charge in [-0.1, -0.05) is 0 Å². The zero-order chi connectivity index (χ0) is 12.3. The molecule has 0 unspecified atom stereocenters. The molecule has 2 aromatic rings. The molecule has 4 heteroatoms. The smallest absolute Gasteiger partial charge is 0.219 e. The molecule has 1 N–H and O–H groups in total. The average Bonchev–Trinajstić information content (AvgIpc) is 2.33. The van der Waals surface area contributed by atoms with Crippen molar-refractivity contribution in [2.24, 2.45) is 0 Å². The van der Waals surface area contributed by atoms with Gasteiger partial charge in [0.1, 0.15) is 5.75 Å². The van der Waals surface area contributed by atoms with Crippen LogP contribution in [-0.4, -0.2) is 15.1 Å². The van der Waals surface area contributed by atoms with Gasteiger partial charge in [-0.15, -0.1) is 0 Å². The standard InChI is InChI=1S/C13H14N2O2/c1-9-3-5-12(8-14-9)17-13-6-4-11(7-15-13)10(2)16/h3-8,10,16H,1-2H3/t10-/m0/s1. The summed E-state index contributed by atoms with van der Waals surface area (Å²) in [6.07, 6.45) is 2.74. The van der Waals surface area contributed by atoms with Gasteiger partial charge in [-0.3, -0.25) is 4.98 Å². The number of rotatable bonds is 3.